The summed E-state index contributed by atoms with van der Waals surface area (Å²) in [5.41, 5.74) is -2.33. The molecular weight excluding hydrogens is 235 g/mol. The molecule has 2 rings (SSSR count). The minimum Gasteiger partial charge on any atom is -0.332 e. The molecule has 17 heavy (non-hydrogen) atoms. The molecular formula is C10H12F3N3O. The maximum absolute atomic E-state index is 13.1. The second-order valence-corrected chi connectivity index (χ2v) is 4.20. The smallest absolute Gasteiger partial charge is 0.332 e. The van der Waals surface area contributed by atoms with Gasteiger partial charge in [0.2, 0.25) is 5.78 Å². The standard InChI is InChI=1S/C10H12F3N3O/c1-16-5-4-15-8(16)7(17)9(10(11,12)13)2-3-14-6-9/h4-5,14H,2-3,6H2,1H3. The first kappa shape index (κ1) is 12.1. The summed E-state index contributed by atoms with van der Waals surface area (Å²) in [5.74, 6) is -1.10. The van der Waals surface area contributed by atoms with Gasteiger partial charge in [-0.15, -0.1) is 0 Å². The predicted molar refractivity (Wildman–Crippen MR) is 53.5 cm³/mol. The van der Waals surface area contributed by atoms with Crippen molar-refractivity contribution in [3.8, 4) is 0 Å². The van der Waals surface area contributed by atoms with E-state index in [2.05, 4.69) is 10.3 Å². The molecule has 1 aromatic rings. The molecule has 0 aromatic carbocycles. The van der Waals surface area contributed by atoms with Crippen molar-refractivity contribution in [2.75, 3.05) is 13.1 Å². The summed E-state index contributed by atoms with van der Waals surface area (Å²) in [6.07, 6.45) is -2.01. The normalized spacial score (nSPS) is 25.2. The summed E-state index contributed by atoms with van der Waals surface area (Å²) in [4.78, 5) is 15.8. The maximum Gasteiger partial charge on any atom is 0.403 e. The molecule has 1 saturated heterocycles. The minimum atomic E-state index is -4.56. The van der Waals surface area contributed by atoms with Crippen molar-refractivity contribution in [1.29, 1.82) is 0 Å². The van der Waals surface area contributed by atoms with Crippen molar-refractivity contribution in [2.24, 2.45) is 12.5 Å². The van der Waals surface area contributed by atoms with Crippen molar-refractivity contribution in [1.82, 2.24) is 14.9 Å². The van der Waals surface area contributed by atoms with Gasteiger partial charge in [0.25, 0.3) is 0 Å². The lowest BCUT2D eigenvalue weighted by Gasteiger charge is -2.28. The quantitative estimate of drug-likeness (QED) is 0.797. The van der Waals surface area contributed by atoms with Gasteiger partial charge in [-0.25, -0.2) is 4.98 Å². The van der Waals surface area contributed by atoms with Crippen molar-refractivity contribution in [3.63, 3.8) is 0 Å². The van der Waals surface area contributed by atoms with Gasteiger partial charge in [-0.1, -0.05) is 0 Å². The van der Waals surface area contributed by atoms with E-state index < -0.39 is 17.4 Å². The highest BCUT2D eigenvalue weighted by Crippen LogP contribution is 2.44. The average molecular weight is 247 g/mol. The second-order valence-electron chi connectivity index (χ2n) is 4.20. The van der Waals surface area contributed by atoms with Crippen LogP contribution in [0.4, 0.5) is 13.2 Å². The molecule has 7 heteroatoms. The van der Waals surface area contributed by atoms with E-state index in [0.717, 1.165) is 0 Å². The molecule has 0 spiro atoms. The molecule has 1 aliphatic rings. The van der Waals surface area contributed by atoms with Crippen molar-refractivity contribution < 1.29 is 18.0 Å². The average Bonchev–Trinajstić information content (AvgIpc) is 2.83. The van der Waals surface area contributed by atoms with Gasteiger partial charge >= 0.3 is 6.18 Å². The van der Waals surface area contributed by atoms with Crippen LogP contribution in [0.1, 0.15) is 17.0 Å². The Hall–Kier alpha value is -1.37. The number of ketones is 1. The zero-order valence-electron chi connectivity index (χ0n) is 9.21. The first-order valence-corrected chi connectivity index (χ1v) is 5.18. The Labute approximate surface area is 95.8 Å². The molecule has 1 aromatic heterocycles. The topological polar surface area (TPSA) is 46.9 Å². The van der Waals surface area contributed by atoms with Crippen LogP contribution in [0.25, 0.3) is 0 Å². The summed E-state index contributed by atoms with van der Waals surface area (Å²) in [6.45, 7) is -0.183. The number of nitrogens with zero attached hydrogens (tertiary/aromatic N) is 2. The molecule has 1 unspecified atom stereocenters. The van der Waals surface area contributed by atoms with Crippen LogP contribution in [-0.4, -0.2) is 34.6 Å². The third-order valence-corrected chi connectivity index (χ3v) is 3.16. The Balaban J connectivity index is 2.42. The highest BCUT2D eigenvalue weighted by atomic mass is 19.4. The third-order valence-electron chi connectivity index (χ3n) is 3.16. The van der Waals surface area contributed by atoms with Gasteiger partial charge in [-0.2, -0.15) is 13.2 Å². The SMILES string of the molecule is Cn1ccnc1C(=O)C1(C(F)(F)F)CCNC1. The largest absolute Gasteiger partial charge is 0.403 e. The number of Topliss-reactive ketones (excluding diaryl/α,β-unsaturated/α-hetero) is 1. The first-order chi connectivity index (χ1) is 7.88. The van der Waals surface area contributed by atoms with E-state index in [4.69, 9.17) is 0 Å². The van der Waals surface area contributed by atoms with Crippen LogP contribution in [0, 0.1) is 5.41 Å². The fraction of sp³-hybridized carbons (Fsp3) is 0.600. The lowest BCUT2D eigenvalue weighted by atomic mass is 9.81. The summed E-state index contributed by atoms with van der Waals surface area (Å²) in [5, 5.41) is 2.60. The van der Waals surface area contributed by atoms with E-state index in [1.807, 2.05) is 0 Å². The van der Waals surface area contributed by atoms with E-state index in [9.17, 15) is 18.0 Å². The number of hydrogen-bond donors (Lipinski definition) is 1. The van der Waals surface area contributed by atoms with Crippen LogP contribution in [0.5, 0.6) is 0 Å². The van der Waals surface area contributed by atoms with Crippen molar-refractivity contribution in [2.45, 2.75) is 12.6 Å². The molecule has 2 heterocycles. The van der Waals surface area contributed by atoms with Gasteiger partial charge in [-0.05, 0) is 13.0 Å². The lowest BCUT2D eigenvalue weighted by molar-refractivity contribution is -0.197. The Morgan fingerprint density at radius 2 is 2.29 bits per heavy atom. The molecule has 1 aliphatic heterocycles. The van der Waals surface area contributed by atoms with Crippen LogP contribution in [0.15, 0.2) is 12.4 Å². The highest BCUT2D eigenvalue weighted by molar-refractivity contribution is 5.98. The van der Waals surface area contributed by atoms with Crippen molar-refractivity contribution >= 4 is 5.78 Å². The molecule has 0 radical (unpaired) electrons. The van der Waals surface area contributed by atoms with E-state index in [0.29, 0.717) is 0 Å². The fourth-order valence-electron chi connectivity index (χ4n) is 2.05. The number of aromatic nitrogens is 2. The van der Waals surface area contributed by atoms with Gasteiger partial charge in [-0.3, -0.25) is 4.79 Å². The number of rotatable bonds is 2. The van der Waals surface area contributed by atoms with E-state index >= 15 is 0 Å². The van der Waals surface area contributed by atoms with Crippen LogP contribution in [0.3, 0.4) is 0 Å². The summed E-state index contributed by atoms with van der Waals surface area (Å²) < 4.78 is 40.6. The van der Waals surface area contributed by atoms with Gasteiger partial charge in [0.1, 0.15) is 5.41 Å². The number of imidazole rings is 1. The molecule has 1 atom stereocenters. The van der Waals surface area contributed by atoms with Crippen LogP contribution in [0.2, 0.25) is 0 Å². The highest BCUT2D eigenvalue weighted by Gasteiger charge is 2.62. The maximum atomic E-state index is 13.1. The van der Waals surface area contributed by atoms with Crippen LogP contribution < -0.4 is 5.32 Å². The first-order valence-electron chi connectivity index (χ1n) is 5.18. The minimum absolute atomic E-state index is 0.147. The van der Waals surface area contributed by atoms with E-state index in [1.165, 1.54) is 24.0 Å². The van der Waals surface area contributed by atoms with Gasteiger partial charge in [0.15, 0.2) is 5.82 Å². The Morgan fingerprint density at radius 3 is 2.71 bits per heavy atom. The number of nitrogens with one attached hydrogen (secondary N) is 1. The Bertz CT molecular complexity index is 432. The van der Waals surface area contributed by atoms with Crippen LogP contribution >= 0.6 is 0 Å². The predicted octanol–water partition coefficient (Wildman–Crippen LogP) is 1.14. The monoisotopic (exact) mass is 247 g/mol. The Morgan fingerprint density at radius 1 is 1.59 bits per heavy atom. The molecule has 1 N–H and O–H groups in total. The van der Waals surface area contributed by atoms with Crippen molar-refractivity contribution in [3.05, 3.63) is 18.2 Å². The zero-order valence-corrected chi connectivity index (χ0v) is 9.21. The molecule has 4 nitrogen and oxygen atoms in total. The van der Waals surface area contributed by atoms with E-state index in [1.54, 1.807) is 0 Å². The number of aryl methyl sites for hydroxylation is 1. The Kier molecular flexibility index (Phi) is 2.73. The van der Waals surface area contributed by atoms with Gasteiger partial charge in [0.05, 0.1) is 0 Å². The second kappa shape index (κ2) is 3.83. The number of alkyl halides is 3. The summed E-state index contributed by atoms with van der Waals surface area (Å²) in [7, 11) is 1.51. The summed E-state index contributed by atoms with van der Waals surface area (Å²) >= 11 is 0. The number of carbonyl (C=O) groups excluding carboxylic acids is 1. The molecule has 0 amide bonds. The molecule has 0 bridgehead atoms. The summed E-state index contributed by atoms with van der Waals surface area (Å²) in [6, 6.07) is 0. The van der Waals surface area contributed by atoms with E-state index in [-0.39, 0.29) is 25.3 Å². The van der Waals surface area contributed by atoms with Gasteiger partial charge < -0.3 is 9.88 Å². The number of halogens is 3. The lowest BCUT2D eigenvalue weighted by Crippen LogP contribution is -2.47. The molecule has 0 saturated carbocycles. The van der Waals surface area contributed by atoms with Gasteiger partial charge in [0, 0.05) is 26.0 Å². The van der Waals surface area contributed by atoms with Crippen LogP contribution in [-0.2, 0) is 7.05 Å². The molecule has 94 valence electrons. The number of hydrogen-bond acceptors (Lipinski definition) is 3. The zero-order chi connectivity index (χ0) is 12.7. The third kappa shape index (κ3) is 1.74. The number of carbonyl (C=O) groups is 1. The fourth-order valence-corrected chi connectivity index (χ4v) is 2.05. The molecule has 0 aliphatic carbocycles. The molecule has 1 fully saturated rings.